The van der Waals surface area contributed by atoms with Gasteiger partial charge in [-0.05, 0) is 38.5 Å². The Morgan fingerprint density at radius 1 is 1.20 bits per heavy atom. The molecule has 0 aliphatic carbocycles. The van der Waals surface area contributed by atoms with Gasteiger partial charge in [0, 0.05) is 25.1 Å². The highest BCUT2D eigenvalue weighted by molar-refractivity contribution is 5.96. The molecule has 25 heavy (non-hydrogen) atoms. The van der Waals surface area contributed by atoms with E-state index in [-0.39, 0.29) is 25.2 Å². The van der Waals surface area contributed by atoms with Crippen LogP contribution in [0.1, 0.15) is 43.1 Å². The van der Waals surface area contributed by atoms with E-state index in [0.717, 1.165) is 5.56 Å². The predicted molar refractivity (Wildman–Crippen MR) is 92.1 cm³/mol. The summed E-state index contributed by atoms with van der Waals surface area (Å²) < 4.78 is 5.50. The largest absolute Gasteiger partial charge is 0.480 e. The van der Waals surface area contributed by atoms with Gasteiger partial charge in [0.25, 0.3) is 5.91 Å². The van der Waals surface area contributed by atoms with E-state index in [1.165, 1.54) is 0 Å². The number of carbonyl (C=O) groups is 3. The second-order valence-corrected chi connectivity index (χ2v) is 6.53. The summed E-state index contributed by atoms with van der Waals surface area (Å²) >= 11 is 0. The van der Waals surface area contributed by atoms with Crippen LogP contribution in [0.25, 0.3) is 0 Å². The Kier molecular flexibility index (Phi) is 7.38. The molecule has 8 nitrogen and oxygen atoms in total. The van der Waals surface area contributed by atoms with Gasteiger partial charge in [0.05, 0.1) is 5.60 Å². The van der Waals surface area contributed by atoms with Gasteiger partial charge in [-0.2, -0.15) is 0 Å². The molecule has 1 unspecified atom stereocenters. The van der Waals surface area contributed by atoms with Gasteiger partial charge in [0.2, 0.25) is 0 Å². The van der Waals surface area contributed by atoms with Crippen LogP contribution in [0.5, 0.6) is 0 Å². The molecule has 1 aromatic rings. The van der Waals surface area contributed by atoms with Gasteiger partial charge in [-0.1, -0.05) is 12.1 Å². The number of rotatable bonds is 8. The van der Waals surface area contributed by atoms with Gasteiger partial charge in [0.1, 0.15) is 6.04 Å². The molecule has 0 aromatic heterocycles. The number of ether oxygens (including phenoxy) is 1. The van der Waals surface area contributed by atoms with Gasteiger partial charge < -0.3 is 26.2 Å². The van der Waals surface area contributed by atoms with Crippen LogP contribution in [0, 0.1) is 0 Å². The maximum Gasteiger partial charge on any atom is 0.326 e. The van der Waals surface area contributed by atoms with E-state index < -0.39 is 23.9 Å². The fourth-order valence-corrected chi connectivity index (χ4v) is 1.95. The average Bonchev–Trinajstić information content (AvgIpc) is 2.51. The zero-order valence-corrected chi connectivity index (χ0v) is 14.7. The highest BCUT2D eigenvalue weighted by atomic mass is 16.5. The summed E-state index contributed by atoms with van der Waals surface area (Å²) in [6, 6.07) is 4.75. The SMILES string of the molecule is CC(C)(C)OCCC(NC(=O)c1ccc(CNC(N)=O)cc1)C(=O)O. The lowest BCUT2D eigenvalue weighted by atomic mass is 10.1. The molecular formula is C17H25N3O5. The molecule has 0 saturated carbocycles. The topological polar surface area (TPSA) is 131 Å². The molecule has 0 fully saturated rings. The number of hydrogen-bond acceptors (Lipinski definition) is 4. The van der Waals surface area contributed by atoms with Crippen molar-refractivity contribution in [2.75, 3.05) is 6.61 Å². The van der Waals surface area contributed by atoms with E-state index in [1.54, 1.807) is 24.3 Å². The van der Waals surface area contributed by atoms with Crippen molar-refractivity contribution in [1.82, 2.24) is 10.6 Å². The molecule has 8 heteroatoms. The van der Waals surface area contributed by atoms with E-state index in [4.69, 9.17) is 10.5 Å². The number of benzene rings is 1. The number of carboxylic acid groups (broad SMARTS) is 1. The number of carboxylic acids is 1. The highest BCUT2D eigenvalue weighted by Crippen LogP contribution is 2.09. The number of primary amides is 1. The first-order chi connectivity index (χ1) is 11.6. The second kappa shape index (κ2) is 9.03. The Morgan fingerprint density at radius 2 is 1.80 bits per heavy atom. The van der Waals surface area contributed by atoms with Crippen LogP contribution in [0.2, 0.25) is 0 Å². The molecule has 0 aliphatic rings. The van der Waals surface area contributed by atoms with Crippen molar-refractivity contribution in [3.63, 3.8) is 0 Å². The normalized spacial score (nSPS) is 12.3. The summed E-state index contributed by atoms with van der Waals surface area (Å²) in [6.07, 6.45) is 0.166. The molecule has 0 aliphatic heterocycles. The highest BCUT2D eigenvalue weighted by Gasteiger charge is 2.21. The van der Waals surface area contributed by atoms with Crippen molar-refractivity contribution < 1.29 is 24.2 Å². The lowest BCUT2D eigenvalue weighted by Crippen LogP contribution is -2.42. The Balaban J connectivity index is 2.61. The van der Waals surface area contributed by atoms with Gasteiger partial charge in [-0.3, -0.25) is 4.79 Å². The number of amides is 3. The molecule has 0 heterocycles. The van der Waals surface area contributed by atoms with Crippen LogP contribution >= 0.6 is 0 Å². The number of nitrogens with one attached hydrogen (secondary N) is 2. The standard InChI is InChI=1S/C17H25N3O5/c1-17(2,3)25-9-8-13(15(22)23)20-14(21)12-6-4-11(5-7-12)10-19-16(18)24/h4-7,13H,8-10H2,1-3H3,(H,20,21)(H,22,23)(H3,18,19,24). The van der Waals surface area contributed by atoms with Gasteiger partial charge >= 0.3 is 12.0 Å². The number of urea groups is 1. The predicted octanol–water partition coefficient (Wildman–Crippen LogP) is 1.24. The minimum atomic E-state index is -1.12. The van der Waals surface area contributed by atoms with Crippen LogP contribution in [0.15, 0.2) is 24.3 Å². The van der Waals surface area contributed by atoms with Crippen molar-refractivity contribution >= 4 is 17.9 Å². The van der Waals surface area contributed by atoms with E-state index in [0.29, 0.717) is 5.56 Å². The minimum Gasteiger partial charge on any atom is -0.480 e. The number of hydrogen-bond donors (Lipinski definition) is 4. The summed E-state index contributed by atoms with van der Waals surface area (Å²) in [5.74, 6) is -1.61. The maximum atomic E-state index is 12.2. The fourth-order valence-electron chi connectivity index (χ4n) is 1.95. The Morgan fingerprint density at radius 3 is 2.28 bits per heavy atom. The molecule has 0 radical (unpaired) electrons. The van der Waals surface area contributed by atoms with Crippen molar-refractivity contribution in [3.05, 3.63) is 35.4 Å². The Hall–Kier alpha value is -2.61. The maximum absolute atomic E-state index is 12.2. The van der Waals surface area contributed by atoms with Crippen molar-refractivity contribution in [1.29, 1.82) is 0 Å². The number of carbonyl (C=O) groups excluding carboxylic acids is 2. The minimum absolute atomic E-state index is 0.166. The Labute approximate surface area is 146 Å². The molecule has 1 atom stereocenters. The van der Waals surface area contributed by atoms with E-state index >= 15 is 0 Å². The van der Waals surface area contributed by atoms with Crippen LogP contribution in [0.3, 0.4) is 0 Å². The molecule has 0 bridgehead atoms. The Bertz CT molecular complexity index is 608. The molecular weight excluding hydrogens is 326 g/mol. The molecule has 0 spiro atoms. The first kappa shape index (κ1) is 20.4. The van der Waals surface area contributed by atoms with E-state index in [1.807, 2.05) is 20.8 Å². The monoisotopic (exact) mass is 351 g/mol. The third-order valence-electron chi connectivity index (χ3n) is 3.23. The van der Waals surface area contributed by atoms with Gasteiger partial charge in [-0.25, -0.2) is 9.59 Å². The molecule has 1 aromatic carbocycles. The summed E-state index contributed by atoms with van der Waals surface area (Å²) in [5, 5.41) is 14.2. The zero-order valence-electron chi connectivity index (χ0n) is 14.7. The van der Waals surface area contributed by atoms with Gasteiger partial charge in [0.15, 0.2) is 0 Å². The quantitative estimate of drug-likeness (QED) is 0.560. The summed E-state index contributed by atoms with van der Waals surface area (Å²) in [4.78, 5) is 34.2. The average molecular weight is 351 g/mol. The van der Waals surface area contributed by atoms with Crippen LogP contribution in [-0.2, 0) is 16.1 Å². The van der Waals surface area contributed by atoms with Crippen molar-refractivity contribution in [3.8, 4) is 0 Å². The van der Waals surface area contributed by atoms with E-state index in [2.05, 4.69) is 10.6 Å². The second-order valence-electron chi connectivity index (χ2n) is 6.53. The summed E-state index contributed by atoms with van der Waals surface area (Å²) in [6.45, 7) is 6.08. The summed E-state index contributed by atoms with van der Waals surface area (Å²) in [7, 11) is 0. The fraction of sp³-hybridized carbons (Fsp3) is 0.471. The molecule has 138 valence electrons. The first-order valence-corrected chi connectivity index (χ1v) is 7.88. The smallest absolute Gasteiger partial charge is 0.326 e. The third-order valence-corrected chi connectivity index (χ3v) is 3.23. The molecule has 1 rings (SSSR count). The van der Waals surface area contributed by atoms with Crippen LogP contribution < -0.4 is 16.4 Å². The lowest BCUT2D eigenvalue weighted by Gasteiger charge is -2.21. The summed E-state index contributed by atoms with van der Waals surface area (Å²) in [5.41, 5.74) is 5.71. The van der Waals surface area contributed by atoms with E-state index in [9.17, 15) is 19.5 Å². The van der Waals surface area contributed by atoms with Gasteiger partial charge in [-0.15, -0.1) is 0 Å². The van der Waals surface area contributed by atoms with Crippen molar-refractivity contribution in [2.45, 2.75) is 45.4 Å². The van der Waals surface area contributed by atoms with Crippen molar-refractivity contribution in [2.24, 2.45) is 5.73 Å². The molecule has 3 amide bonds. The molecule has 5 N–H and O–H groups in total. The number of aliphatic carboxylic acids is 1. The van der Waals surface area contributed by atoms with Crippen LogP contribution in [0.4, 0.5) is 4.79 Å². The third kappa shape index (κ3) is 8.16. The lowest BCUT2D eigenvalue weighted by molar-refractivity contribution is -0.140. The number of nitrogens with two attached hydrogens (primary N) is 1. The first-order valence-electron chi connectivity index (χ1n) is 7.88. The zero-order chi connectivity index (χ0) is 19.0. The van der Waals surface area contributed by atoms with Crippen LogP contribution in [-0.4, -0.2) is 41.3 Å². The molecule has 0 saturated heterocycles.